The number of thiol groups is 2. The van der Waals surface area contributed by atoms with Crippen LogP contribution < -0.4 is 0 Å². The van der Waals surface area contributed by atoms with Crippen molar-refractivity contribution in [3.8, 4) is 6.26 Å². The quantitative estimate of drug-likeness (QED) is 0.257. The largest absolute Gasteiger partial charge is 0.349 e. The lowest BCUT2D eigenvalue weighted by Gasteiger charge is -2.09. The van der Waals surface area contributed by atoms with Gasteiger partial charge in [-0.1, -0.05) is 0 Å². The van der Waals surface area contributed by atoms with Crippen LogP contribution in [0.5, 0.6) is 0 Å². The molecule has 0 unspecified atom stereocenters. The van der Waals surface area contributed by atoms with E-state index in [9.17, 15) is 4.79 Å². The number of carbonyl (C=O) groups excluding carboxylic acids is 1. The Morgan fingerprint density at radius 1 is 1.78 bits per heavy atom. The number of carbonyl (C=O) groups is 1. The van der Waals surface area contributed by atoms with E-state index in [1.54, 1.807) is 0 Å². The summed E-state index contributed by atoms with van der Waals surface area (Å²) in [5, 5.41) is 7.84. The Bertz CT molecular complexity index is 155. The van der Waals surface area contributed by atoms with Gasteiger partial charge < -0.3 is 4.74 Å². The van der Waals surface area contributed by atoms with Crippen LogP contribution in [0.25, 0.3) is 0 Å². The molecule has 0 bridgehead atoms. The molecule has 9 heavy (non-hydrogen) atoms. The second-order valence-corrected chi connectivity index (χ2v) is 3.64. The summed E-state index contributed by atoms with van der Waals surface area (Å²) in [5.41, 5.74) is 0. The van der Waals surface area contributed by atoms with E-state index in [2.05, 4.69) is 30.0 Å². The van der Waals surface area contributed by atoms with Gasteiger partial charge in [-0.15, -0.1) is 5.26 Å². The summed E-state index contributed by atoms with van der Waals surface area (Å²) in [6.07, 6.45) is 1.23. The van der Waals surface area contributed by atoms with E-state index in [-0.39, 0.29) is 0 Å². The van der Waals surface area contributed by atoms with Crippen LogP contribution in [0.1, 0.15) is 6.92 Å². The standard InChI is InChI=1S/C4H5NO2S2/c1-4(8,9)3(6)7-2-5/h8-9H,1H3. The highest BCUT2D eigenvalue weighted by molar-refractivity contribution is 8.01. The maximum Gasteiger partial charge on any atom is 0.347 e. The van der Waals surface area contributed by atoms with Crippen LogP contribution in [0, 0.1) is 11.5 Å². The van der Waals surface area contributed by atoms with Crippen LogP contribution in [-0.2, 0) is 9.53 Å². The van der Waals surface area contributed by atoms with Crippen LogP contribution in [0.3, 0.4) is 0 Å². The Kier molecular flexibility index (Phi) is 2.88. The van der Waals surface area contributed by atoms with E-state index in [4.69, 9.17) is 5.26 Å². The maximum atomic E-state index is 10.5. The molecule has 0 atom stereocenters. The number of rotatable bonds is 1. The molecule has 0 fully saturated rings. The minimum atomic E-state index is -1.18. The summed E-state index contributed by atoms with van der Waals surface area (Å²) in [6, 6.07) is 0. The summed E-state index contributed by atoms with van der Waals surface area (Å²) in [7, 11) is 0. The monoisotopic (exact) mass is 163 g/mol. The maximum absolute atomic E-state index is 10.5. The Hall–Kier alpha value is -0.340. The molecule has 0 radical (unpaired) electrons. The average molecular weight is 163 g/mol. The Labute approximate surface area is 63.8 Å². The summed E-state index contributed by atoms with van der Waals surface area (Å²) in [4.78, 5) is 10.5. The third-order valence-corrected chi connectivity index (χ3v) is 0.890. The fourth-order valence-electron chi connectivity index (χ4n) is 0.138. The normalized spacial score (nSPS) is 10.0. The molecule has 0 aliphatic carbocycles. The highest BCUT2D eigenvalue weighted by atomic mass is 32.2. The topological polar surface area (TPSA) is 50.1 Å². The second kappa shape index (κ2) is 2.99. The van der Waals surface area contributed by atoms with Gasteiger partial charge in [-0.3, -0.25) is 0 Å². The first-order chi connectivity index (χ1) is 3.98. The molecule has 0 aromatic heterocycles. The van der Waals surface area contributed by atoms with Crippen molar-refractivity contribution in [2.45, 2.75) is 11.0 Å². The molecule has 0 N–H and O–H groups in total. The zero-order chi connectivity index (χ0) is 7.49. The number of nitrogens with zero attached hydrogens (tertiary/aromatic N) is 1. The fraction of sp³-hybridized carbons (Fsp3) is 0.500. The smallest absolute Gasteiger partial charge is 0.347 e. The Balaban J connectivity index is 3.93. The van der Waals surface area contributed by atoms with Crippen molar-refractivity contribution in [3.63, 3.8) is 0 Å². The first kappa shape index (κ1) is 8.66. The highest BCUT2D eigenvalue weighted by Gasteiger charge is 2.25. The molecular formula is C4H5NO2S2. The minimum Gasteiger partial charge on any atom is -0.349 e. The molecule has 0 aliphatic heterocycles. The van der Waals surface area contributed by atoms with E-state index in [1.807, 2.05) is 0 Å². The SMILES string of the molecule is CC(S)(S)C(=O)OC#N. The first-order valence-corrected chi connectivity index (χ1v) is 2.93. The molecular weight excluding hydrogens is 158 g/mol. The summed E-state index contributed by atoms with van der Waals surface area (Å²) in [5.74, 6) is -0.767. The van der Waals surface area contributed by atoms with Gasteiger partial charge in [0.1, 0.15) is 0 Å². The van der Waals surface area contributed by atoms with Gasteiger partial charge in [0.05, 0.1) is 0 Å². The van der Waals surface area contributed by atoms with Crippen LogP contribution in [0.15, 0.2) is 0 Å². The van der Waals surface area contributed by atoms with Crippen LogP contribution in [0.4, 0.5) is 0 Å². The number of hydrogen-bond acceptors (Lipinski definition) is 5. The molecule has 0 saturated heterocycles. The van der Waals surface area contributed by atoms with Crippen LogP contribution >= 0.6 is 25.3 Å². The van der Waals surface area contributed by atoms with Crippen molar-refractivity contribution in [3.05, 3.63) is 0 Å². The van der Waals surface area contributed by atoms with Crippen molar-refractivity contribution >= 4 is 31.2 Å². The summed E-state index contributed by atoms with van der Waals surface area (Å²) < 4.78 is 2.74. The van der Waals surface area contributed by atoms with E-state index in [0.717, 1.165) is 0 Å². The highest BCUT2D eigenvalue weighted by Crippen LogP contribution is 2.19. The Morgan fingerprint density at radius 2 is 2.22 bits per heavy atom. The molecule has 0 spiro atoms. The van der Waals surface area contributed by atoms with Crippen molar-refractivity contribution in [2.75, 3.05) is 0 Å². The lowest BCUT2D eigenvalue weighted by atomic mass is 10.5. The average Bonchev–Trinajstić information content (AvgIpc) is 1.64. The lowest BCUT2D eigenvalue weighted by Crippen LogP contribution is -2.22. The molecule has 0 saturated carbocycles. The predicted molar refractivity (Wildman–Crippen MR) is 38.1 cm³/mol. The molecule has 0 amide bonds. The third kappa shape index (κ3) is 3.27. The number of ether oxygens (including phenoxy) is 1. The van der Waals surface area contributed by atoms with Gasteiger partial charge in [-0.05, 0) is 6.92 Å². The summed E-state index contributed by atoms with van der Waals surface area (Å²) >= 11 is 7.44. The number of nitriles is 1. The van der Waals surface area contributed by atoms with Gasteiger partial charge in [-0.25, -0.2) is 4.79 Å². The van der Waals surface area contributed by atoms with Crippen molar-refractivity contribution in [1.29, 1.82) is 5.26 Å². The Morgan fingerprint density at radius 3 is 2.33 bits per heavy atom. The van der Waals surface area contributed by atoms with Crippen molar-refractivity contribution in [1.82, 2.24) is 0 Å². The third-order valence-electron chi connectivity index (χ3n) is 0.525. The zero-order valence-electron chi connectivity index (χ0n) is 4.66. The van der Waals surface area contributed by atoms with E-state index < -0.39 is 10.0 Å². The molecule has 0 aliphatic rings. The van der Waals surface area contributed by atoms with E-state index >= 15 is 0 Å². The molecule has 0 rings (SSSR count). The molecule has 0 aromatic rings. The van der Waals surface area contributed by atoms with E-state index in [0.29, 0.717) is 0 Å². The van der Waals surface area contributed by atoms with Crippen LogP contribution in [-0.4, -0.2) is 10.0 Å². The molecule has 3 nitrogen and oxygen atoms in total. The number of esters is 1. The fourth-order valence-corrected chi connectivity index (χ4v) is 0.229. The second-order valence-electron chi connectivity index (χ2n) is 1.50. The van der Waals surface area contributed by atoms with Crippen molar-refractivity contribution < 1.29 is 9.53 Å². The summed E-state index contributed by atoms with van der Waals surface area (Å²) in [6.45, 7) is 1.42. The zero-order valence-corrected chi connectivity index (χ0v) is 6.45. The molecule has 0 heterocycles. The minimum absolute atomic E-state index is 0.767. The lowest BCUT2D eigenvalue weighted by molar-refractivity contribution is -0.136. The van der Waals surface area contributed by atoms with Gasteiger partial charge >= 0.3 is 5.97 Å². The molecule has 5 heteroatoms. The van der Waals surface area contributed by atoms with Gasteiger partial charge in [0, 0.05) is 0 Å². The molecule has 50 valence electrons. The predicted octanol–water partition coefficient (Wildman–Crippen LogP) is 0.586. The van der Waals surface area contributed by atoms with Gasteiger partial charge in [0.25, 0.3) is 6.26 Å². The number of hydrogen-bond donors (Lipinski definition) is 2. The van der Waals surface area contributed by atoms with Crippen molar-refractivity contribution in [2.24, 2.45) is 0 Å². The van der Waals surface area contributed by atoms with Crippen LogP contribution in [0.2, 0.25) is 0 Å². The van der Waals surface area contributed by atoms with Gasteiger partial charge in [0.15, 0.2) is 4.08 Å². The first-order valence-electron chi connectivity index (χ1n) is 2.03. The van der Waals surface area contributed by atoms with Gasteiger partial charge in [0.2, 0.25) is 0 Å². The molecule has 0 aromatic carbocycles. The van der Waals surface area contributed by atoms with Gasteiger partial charge in [-0.2, -0.15) is 25.3 Å². The van der Waals surface area contributed by atoms with E-state index in [1.165, 1.54) is 13.2 Å².